The molecule has 0 bridgehead atoms. The summed E-state index contributed by atoms with van der Waals surface area (Å²) in [6, 6.07) is 2.10. The lowest BCUT2D eigenvalue weighted by Crippen LogP contribution is -2.04. The first-order valence-corrected chi connectivity index (χ1v) is 6.78. The highest BCUT2D eigenvalue weighted by Gasteiger charge is 2.16. The van der Waals surface area contributed by atoms with Crippen molar-refractivity contribution in [3.63, 3.8) is 0 Å². The molecule has 0 aliphatic rings. The third-order valence-corrected chi connectivity index (χ3v) is 4.31. The summed E-state index contributed by atoms with van der Waals surface area (Å²) in [5.41, 5.74) is 4.40. The van der Waals surface area contributed by atoms with Gasteiger partial charge in [0.1, 0.15) is 4.83 Å². The molecular formula is C13H15N3OS. The summed E-state index contributed by atoms with van der Waals surface area (Å²) in [6.45, 7) is 6.77. The van der Waals surface area contributed by atoms with Crippen LogP contribution in [0.4, 0.5) is 0 Å². The number of pyridine rings is 1. The molecule has 1 N–H and O–H groups in total. The fourth-order valence-electron chi connectivity index (χ4n) is 2.45. The Morgan fingerprint density at radius 2 is 2.11 bits per heavy atom. The van der Waals surface area contributed by atoms with Gasteiger partial charge in [0.15, 0.2) is 0 Å². The molecule has 5 heteroatoms. The van der Waals surface area contributed by atoms with Crippen molar-refractivity contribution < 1.29 is 5.11 Å². The lowest BCUT2D eigenvalue weighted by Gasteiger charge is -2.02. The zero-order valence-electron chi connectivity index (χ0n) is 10.7. The summed E-state index contributed by atoms with van der Waals surface area (Å²) in [5, 5.41) is 14.8. The maximum absolute atomic E-state index is 9.14. The molecule has 3 aromatic heterocycles. The van der Waals surface area contributed by atoms with Crippen LogP contribution in [0.3, 0.4) is 0 Å². The minimum absolute atomic E-state index is 0.103. The zero-order valence-corrected chi connectivity index (χ0v) is 11.5. The topological polar surface area (TPSA) is 50.9 Å². The molecule has 94 valence electrons. The Morgan fingerprint density at radius 3 is 2.83 bits per heavy atom. The molecule has 3 aromatic rings. The van der Waals surface area contributed by atoms with Crippen molar-refractivity contribution in [2.24, 2.45) is 0 Å². The van der Waals surface area contributed by atoms with Gasteiger partial charge in [0.25, 0.3) is 0 Å². The van der Waals surface area contributed by atoms with Gasteiger partial charge in [-0.05, 0) is 32.4 Å². The Morgan fingerprint density at radius 1 is 1.33 bits per heavy atom. The minimum Gasteiger partial charge on any atom is -0.394 e. The fraction of sp³-hybridized carbons (Fsp3) is 0.385. The number of fused-ring (bicyclic) bond motifs is 3. The first kappa shape index (κ1) is 11.6. The molecule has 3 heterocycles. The van der Waals surface area contributed by atoms with Crippen molar-refractivity contribution in [3.05, 3.63) is 23.0 Å². The highest BCUT2D eigenvalue weighted by molar-refractivity contribution is 7.25. The Bertz CT molecular complexity index is 742. The van der Waals surface area contributed by atoms with Crippen LogP contribution in [0.25, 0.3) is 20.4 Å². The van der Waals surface area contributed by atoms with Crippen LogP contribution in [0.5, 0.6) is 0 Å². The molecule has 3 rings (SSSR count). The number of rotatable bonds is 2. The van der Waals surface area contributed by atoms with Gasteiger partial charge in [-0.3, -0.25) is 4.68 Å². The quantitative estimate of drug-likeness (QED) is 0.771. The van der Waals surface area contributed by atoms with E-state index in [-0.39, 0.29) is 6.61 Å². The van der Waals surface area contributed by atoms with Crippen molar-refractivity contribution in [2.45, 2.75) is 27.3 Å². The minimum atomic E-state index is 0.103. The van der Waals surface area contributed by atoms with E-state index in [2.05, 4.69) is 23.1 Å². The molecule has 0 amide bonds. The number of aromatic nitrogens is 3. The van der Waals surface area contributed by atoms with E-state index in [4.69, 9.17) is 5.11 Å². The number of hydrogen-bond acceptors (Lipinski definition) is 4. The Balaban J connectivity index is 2.47. The van der Waals surface area contributed by atoms with Crippen molar-refractivity contribution >= 4 is 31.8 Å². The summed E-state index contributed by atoms with van der Waals surface area (Å²) in [6.07, 6.45) is 0. The third-order valence-electron chi connectivity index (χ3n) is 3.13. The molecular weight excluding hydrogens is 246 g/mol. The molecule has 0 aliphatic carbocycles. The van der Waals surface area contributed by atoms with Crippen LogP contribution in [0, 0.1) is 20.8 Å². The molecule has 0 atom stereocenters. The second-order valence-electron chi connectivity index (χ2n) is 4.57. The van der Waals surface area contributed by atoms with Gasteiger partial charge in [-0.15, -0.1) is 11.3 Å². The van der Waals surface area contributed by atoms with E-state index >= 15 is 0 Å². The maximum Gasteiger partial charge on any atom is 0.126 e. The van der Waals surface area contributed by atoms with Crippen LogP contribution < -0.4 is 0 Å². The zero-order chi connectivity index (χ0) is 12.9. The van der Waals surface area contributed by atoms with Gasteiger partial charge in [0, 0.05) is 11.1 Å². The third kappa shape index (κ3) is 1.54. The van der Waals surface area contributed by atoms with Gasteiger partial charge in [0.05, 0.1) is 29.1 Å². The molecule has 0 aromatic carbocycles. The highest BCUT2D eigenvalue weighted by Crippen LogP contribution is 2.36. The molecule has 4 nitrogen and oxygen atoms in total. The normalized spacial score (nSPS) is 11.8. The average molecular weight is 261 g/mol. The number of nitrogens with zero attached hydrogens (tertiary/aromatic N) is 3. The van der Waals surface area contributed by atoms with Gasteiger partial charge in [-0.2, -0.15) is 5.10 Å². The average Bonchev–Trinajstić information content (AvgIpc) is 2.79. The lowest BCUT2D eigenvalue weighted by molar-refractivity contribution is 0.271. The van der Waals surface area contributed by atoms with Gasteiger partial charge in [-0.25, -0.2) is 4.98 Å². The molecule has 0 saturated heterocycles. The van der Waals surface area contributed by atoms with Crippen LogP contribution in [0.2, 0.25) is 0 Å². The largest absolute Gasteiger partial charge is 0.394 e. The number of thiophene rings is 1. The number of aryl methyl sites for hydroxylation is 3. The van der Waals surface area contributed by atoms with Crippen LogP contribution in [0.1, 0.15) is 17.0 Å². The summed E-state index contributed by atoms with van der Waals surface area (Å²) in [4.78, 5) is 5.67. The van der Waals surface area contributed by atoms with Crippen molar-refractivity contribution in [1.29, 1.82) is 0 Å². The SMILES string of the molecule is Cc1cc(C)c2c(n1)sc1c(C)nn(CCO)c12. The Hall–Kier alpha value is -1.46. The van der Waals surface area contributed by atoms with E-state index < -0.39 is 0 Å². The molecule has 0 spiro atoms. The van der Waals surface area contributed by atoms with Gasteiger partial charge >= 0.3 is 0 Å². The van der Waals surface area contributed by atoms with Gasteiger partial charge < -0.3 is 5.11 Å². The first-order valence-electron chi connectivity index (χ1n) is 5.96. The smallest absolute Gasteiger partial charge is 0.126 e. The number of hydrogen-bond donors (Lipinski definition) is 1. The van der Waals surface area contributed by atoms with Crippen molar-refractivity contribution in [2.75, 3.05) is 6.61 Å². The van der Waals surface area contributed by atoms with Crippen molar-refractivity contribution in [1.82, 2.24) is 14.8 Å². The van der Waals surface area contributed by atoms with Crippen molar-refractivity contribution in [3.8, 4) is 0 Å². The summed E-state index contributed by atoms with van der Waals surface area (Å²) in [5.74, 6) is 0. The van der Waals surface area contributed by atoms with Crippen LogP contribution in [0.15, 0.2) is 6.07 Å². The summed E-state index contributed by atoms with van der Waals surface area (Å²) < 4.78 is 3.08. The number of aliphatic hydroxyl groups excluding tert-OH is 1. The molecule has 0 aliphatic heterocycles. The highest BCUT2D eigenvalue weighted by atomic mass is 32.1. The van der Waals surface area contributed by atoms with Gasteiger partial charge in [0.2, 0.25) is 0 Å². The van der Waals surface area contributed by atoms with E-state index in [0.717, 1.165) is 21.7 Å². The predicted octanol–water partition coefficient (Wildman–Crippen LogP) is 2.56. The van der Waals surface area contributed by atoms with E-state index in [1.54, 1.807) is 11.3 Å². The Labute approximate surface area is 109 Å². The Kier molecular flexibility index (Phi) is 2.60. The molecule has 18 heavy (non-hydrogen) atoms. The maximum atomic E-state index is 9.14. The monoisotopic (exact) mass is 261 g/mol. The second-order valence-corrected chi connectivity index (χ2v) is 5.57. The number of aliphatic hydroxyl groups is 1. The van der Waals surface area contributed by atoms with E-state index in [0.29, 0.717) is 6.54 Å². The molecule has 0 fully saturated rings. The molecule has 0 radical (unpaired) electrons. The summed E-state index contributed by atoms with van der Waals surface area (Å²) in [7, 11) is 0. The van der Waals surface area contributed by atoms with Crippen LogP contribution in [-0.2, 0) is 6.54 Å². The van der Waals surface area contributed by atoms with E-state index in [9.17, 15) is 0 Å². The van der Waals surface area contributed by atoms with Crippen LogP contribution >= 0.6 is 11.3 Å². The predicted molar refractivity (Wildman–Crippen MR) is 74.2 cm³/mol. The standard InChI is InChI=1S/C13H15N3OS/c1-7-6-8(2)14-13-10(7)11-12(18-13)9(3)15-16(11)4-5-17/h6,17H,4-5H2,1-3H3. The fourth-order valence-corrected chi connectivity index (χ4v) is 3.68. The van der Waals surface area contributed by atoms with E-state index in [1.165, 1.54) is 15.6 Å². The van der Waals surface area contributed by atoms with E-state index in [1.807, 2.05) is 18.5 Å². The lowest BCUT2D eigenvalue weighted by atomic mass is 10.1. The molecule has 0 unspecified atom stereocenters. The van der Waals surface area contributed by atoms with Crippen LogP contribution in [-0.4, -0.2) is 26.5 Å². The second kappa shape index (κ2) is 4.03. The molecule has 0 saturated carbocycles. The van der Waals surface area contributed by atoms with Gasteiger partial charge in [-0.1, -0.05) is 0 Å². The first-order chi connectivity index (χ1) is 8.61. The summed E-state index contributed by atoms with van der Waals surface area (Å²) >= 11 is 1.69.